The number of carbonyl (C=O) groups is 1. The first-order valence-electron chi connectivity index (χ1n) is 8.16. The molecular formula is C18H22N4O2. The highest BCUT2D eigenvalue weighted by molar-refractivity contribution is 5.93. The Bertz CT molecular complexity index is 652. The van der Waals surface area contributed by atoms with Gasteiger partial charge in [-0.3, -0.25) is 9.69 Å². The molecule has 1 aliphatic heterocycles. The standard InChI is InChI=1S/C18H22N4O2/c1-24-12-11-21-7-9-22(10-8-21)18(23)16-13-19-17(20-14-16)15-5-3-2-4-6-15/h2-6,13-14H,7-12H2,1H3. The van der Waals surface area contributed by atoms with Crippen molar-refractivity contribution in [2.24, 2.45) is 0 Å². The molecule has 126 valence electrons. The van der Waals surface area contributed by atoms with Crippen LogP contribution >= 0.6 is 0 Å². The topological polar surface area (TPSA) is 58.6 Å². The summed E-state index contributed by atoms with van der Waals surface area (Å²) in [6.45, 7) is 4.83. The summed E-state index contributed by atoms with van der Waals surface area (Å²) in [5.74, 6) is 0.637. The second kappa shape index (κ2) is 7.99. The van der Waals surface area contributed by atoms with Crippen molar-refractivity contribution >= 4 is 5.91 Å². The fraction of sp³-hybridized carbons (Fsp3) is 0.389. The van der Waals surface area contributed by atoms with Crippen LogP contribution in [0.25, 0.3) is 11.4 Å². The summed E-state index contributed by atoms with van der Waals surface area (Å²) in [5, 5.41) is 0. The highest BCUT2D eigenvalue weighted by Crippen LogP contribution is 2.14. The van der Waals surface area contributed by atoms with Gasteiger partial charge in [0, 0.05) is 57.8 Å². The second-order valence-corrected chi connectivity index (χ2v) is 5.79. The lowest BCUT2D eigenvalue weighted by atomic mass is 10.2. The van der Waals surface area contributed by atoms with Crippen LogP contribution in [0.3, 0.4) is 0 Å². The molecule has 6 heteroatoms. The summed E-state index contributed by atoms with van der Waals surface area (Å²) in [7, 11) is 1.71. The number of ether oxygens (including phenoxy) is 1. The Hall–Kier alpha value is -2.31. The van der Waals surface area contributed by atoms with Gasteiger partial charge in [0.2, 0.25) is 0 Å². The average Bonchev–Trinajstić information content (AvgIpc) is 2.67. The van der Waals surface area contributed by atoms with Crippen molar-refractivity contribution in [3.8, 4) is 11.4 Å². The first-order chi connectivity index (χ1) is 11.8. The lowest BCUT2D eigenvalue weighted by Gasteiger charge is -2.34. The molecule has 1 saturated heterocycles. The number of benzene rings is 1. The largest absolute Gasteiger partial charge is 0.383 e. The molecule has 0 radical (unpaired) electrons. The van der Waals surface area contributed by atoms with E-state index in [0.717, 1.165) is 44.9 Å². The quantitative estimate of drug-likeness (QED) is 0.834. The van der Waals surface area contributed by atoms with Gasteiger partial charge in [0.05, 0.1) is 12.2 Å². The molecule has 0 saturated carbocycles. The zero-order valence-electron chi connectivity index (χ0n) is 13.9. The van der Waals surface area contributed by atoms with Crippen LogP contribution in [0, 0.1) is 0 Å². The number of piperazine rings is 1. The fourth-order valence-corrected chi connectivity index (χ4v) is 2.75. The van der Waals surface area contributed by atoms with Crippen molar-refractivity contribution < 1.29 is 9.53 Å². The van der Waals surface area contributed by atoms with Crippen molar-refractivity contribution in [2.75, 3.05) is 46.4 Å². The predicted octanol–water partition coefficient (Wildman–Crippen LogP) is 1.55. The van der Waals surface area contributed by atoms with Gasteiger partial charge in [-0.1, -0.05) is 30.3 Å². The fourth-order valence-electron chi connectivity index (χ4n) is 2.75. The Morgan fingerprint density at radius 1 is 1.08 bits per heavy atom. The molecule has 6 nitrogen and oxygen atoms in total. The first-order valence-corrected chi connectivity index (χ1v) is 8.16. The minimum Gasteiger partial charge on any atom is -0.383 e. The minimum atomic E-state index is 0.000929. The maximum Gasteiger partial charge on any atom is 0.257 e. The number of rotatable bonds is 5. The van der Waals surface area contributed by atoms with Crippen LogP contribution in [0.4, 0.5) is 0 Å². The van der Waals surface area contributed by atoms with Crippen molar-refractivity contribution in [1.82, 2.24) is 19.8 Å². The smallest absolute Gasteiger partial charge is 0.257 e. The number of hydrogen-bond acceptors (Lipinski definition) is 5. The summed E-state index contributed by atoms with van der Waals surface area (Å²) in [6, 6.07) is 9.75. The Morgan fingerprint density at radius 2 is 1.75 bits per heavy atom. The van der Waals surface area contributed by atoms with Crippen LogP contribution in [0.15, 0.2) is 42.7 Å². The molecule has 24 heavy (non-hydrogen) atoms. The van der Waals surface area contributed by atoms with E-state index in [0.29, 0.717) is 11.4 Å². The molecule has 1 fully saturated rings. The van der Waals surface area contributed by atoms with E-state index < -0.39 is 0 Å². The van der Waals surface area contributed by atoms with Crippen LogP contribution in [0.5, 0.6) is 0 Å². The van der Waals surface area contributed by atoms with E-state index in [1.54, 1.807) is 19.5 Å². The SMILES string of the molecule is COCCN1CCN(C(=O)c2cnc(-c3ccccc3)nc2)CC1. The molecule has 0 unspecified atom stereocenters. The highest BCUT2D eigenvalue weighted by atomic mass is 16.5. The average molecular weight is 326 g/mol. The molecule has 0 atom stereocenters. The number of hydrogen-bond donors (Lipinski definition) is 0. The number of carbonyl (C=O) groups excluding carboxylic acids is 1. The van der Waals surface area contributed by atoms with Gasteiger partial charge < -0.3 is 9.64 Å². The van der Waals surface area contributed by atoms with Gasteiger partial charge in [-0.15, -0.1) is 0 Å². The van der Waals surface area contributed by atoms with Crippen molar-refractivity contribution in [2.45, 2.75) is 0 Å². The molecule has 1 aromatic carbocycles. The lowest BCUT2D eigenvalue weighted by Crippen LogP contribution is -2.49. The highest BCUT2D eigenvalue weighted by Gasteiger charge is 2.22. The van der Waals surface area contributed by atoms with Gasteiger partial charge in [0.25, 0.3) is 5.91 Å². The van der Waals surface area contributed by atoms with E-state index in [9.17, 15) is 4.79 Å². The van der Waals surface area contributed by atoms with Crippen LogP contribution in [-0.4, -0.2) is 72.1 Å². The lowest BCUT2D eigenvalue weighted by molar-refractivity contribution is 0.0593. The minimum absolute atomic E-state index is 0.000929. The molecule has 1 aromatic heterocycles. The molecule has 0 N–H and O–H groups in total. The summed E-state index contributed by atoms with van der Waals surface area (Å²) in [4.78, 5) is 25.4. The van der Waals surface area contributed by atoms with Gasteiger partial charge in [0.1, 0.15) is 0 Å². The number of nitrogens with zero attached hydrogens (tertiary/aromatic N) is 4. The summed E-state index contributed by atoms with van der Waals surface area (Å²) in [5.41, 5.74) is 1.49. The molecule has 3 rings (SSSR count). The van der Waals surface area contributed by atoms with Crippen LogP contribution < -0.4 is 0 Å². The molecule has 0 spiro atoms. The number of aromatic nitrogens is 2. The van der Waals surface area contributed by atoms with Crippen molar-refractivity contribution in [1.29, 1.82) is 0 Å². The summed E-state index contributed by atoms with van der Waals surface area (Å²) < 4.78 is 5.10. The third kappa shape index (κ3) is 3.96. The zero-order chi connectivity index (χ0) is 16.8. The normalized spacial score (nSPS) is 15.5. The monoisotopic (exact) mass is 326 g/mol. The van der Waals surface area contributed by atoms with Gasteiger partial charge in [-0.2, -0.15) is 0 Å². The first kappa shape index (κ1) is 16.5. The maximum atomic E-state index is 12.6. The van der Waals surface area contributed by atoms with Crippen molar-refractivity contribution in [3.05, 3.63) is 48.3 Å². The Balaban J connectivity index is 1.60. The van der Waals surface area contributed by atoms with Crippen LogP contribution in [0.1, 0.15) is 10.4 Å². The number of methoxy groups -OCH3 is 1. The van der Waals surface area contributed by atoms with E-state index in [1.165, 1.54) is 0 Å². The Labute approximate surface area is 142 Å². The van der Waals surface area contributed by atoms with Gasteiger partial charge in [-0.05, 0) is 0 Å². The van der Waals surface area contributed by atoms with Crippen LogP contribution in [-0.2, 0) is 4.74 Å². The molecule has 0 bridgehead atoms. The van der Waals surface area contributed by atoms with E-state index in [2.05, 4.69) is 14.9 Å². The maximum absolute atomic E-state index is 12.6. The van der Waals surface area contributed by atoms with Gasteiger partial charge in [-0.25, -0.2) is 9.97 Å². The molecular weight excluding hydrogens is 304 g/mol. The molecule has 2 aromatic rings. The van der Waals surface area contributed by atoms with Crippen molar-refractivity contribution in [3.63, 3.8) is 0 Å². The summed E-state index contributed by atoms with van der Waals surface area (Å²) in [6.07, 6.45) is 3.24. The summed E-state index contributed by atoms with van der Waals surface area (Å²) >= 11 is 0. The van der Waals surface area contributed by atoms with Gasteiger partial charge >= 0.3 is 0 Å². The van der Waals surface area contributed by atoms with E-state index in [-0.39, 0.29) is 5.91 Å². The number of amides is 1. The third-order valence-corrected chi connectivity index (χ3v) is 4.20. The van der Waals surface area contributed by atoms with Crippen LogP contribution in [0.2, 0.25) is 0 Å². The Morgan fingerprint density at radius 3 is 2.38 bits per heavy atom. The zero-order valence-corrected chi connectivity index (χ0v) is 13.9. The third-order valence-electron chi connectivity index (χ3n) is 4.20. The molecule has 0 aliphatic carbocycles. The van der Waals surface area contributed by atoms with E-state index in [1.807, 2.05) is 35.2 Å². The molecule has 2 heterocycles. The Kier molecular flexibility index (Phi) is 5.51. The predicted molar refractivity (Wildman–Crippen MR) is 91.7 cm³/mol. The van der Waals surface area contributed by atoms with Gasteiger partial charge in [0.15, 0.2) is 5.82 Å². The molecule has 1 aliphatic rings. The van der Waals surface area contributed by atoms with E-state index >= 15 is 0 Å². The molecule has 1 amide bonds. The second-order valence-electron chi connectivity index (χ2n) is 5.79. The van der Waals surface area contributed by atoms with E-state index in [4.69, 9.17) is 4.74 Å².